The van der Waals surface area contributed by atoms with Crippen LogP contribution in [0, 0.1) is 0 Å². The summed E-state index contributed by atoms with van der Waals surface area (Å²) < 4.78 is 12.1. The molecule has 0 fully saturated rings. The number of hydrogen-bond donors (Lipinski definition) is 0. The summed E-state index contributed by atoms with van der Waals surface area (Å²) in [4.78, 5) is 40.1. The number of rotatable bonds is 5. The molecule has 4 aromatic rings. The quantitative estimate of drug-likeness (QED) is 0.357. The third-order valence-corrected chi connectivity index (χ3v) is 5.91. The van der Waals surface area contributed by atoms with Crippen LogP contribution in [0.1, 0.15) is 22.1 Å². The van der Waals surface area contributed by atoms with Crippen LogP contribution in [0.3, 0.4) is 0 Å². The molecule has 0 N–H and O–H groups in total. The lowest BCUT2D eigenvalue weighted by Crippen LogP contribution is -2.36. The third-order valence-electron chi connectivity index (χ3n) is 5.42. The van der Waals surface area contributed by atoms with Gasteiger partial charge in [-0.1, -0.05) is 76.6 Å². The molecule has 0 aliphatic rings. The van der Waals surface area contributed by atoms with E-state index in [4.69, 9.17) is 9.47 Å². The Kier molecular flexibility index (Phi) is 6.42. The third kappa shape index (κ3) is 4.07. The number of benzene rings is 3. The first-order chi connectivity index (χ1) is 16.0. The Morgan fingerprint density at radius 1 is 0.848 bits per heavy atom. The zero-order valence-electron chi connectivity index (χ0n) is 17.9. The van der Waals surface area contributed by atoms with E-state index in [9.17, 15) is 14.4 Å². The van der Waals surface area contributed by atoms with Gasteiger partial charge in [0.2, 0.25) is 0 Å². The molecule has 0 aliphatic carbocycles. The molecule has 0 bridgehead atoms. The van der Waals surface area contributed by atoms with Crippen LogP contribution < -0.4 is 5.56 Å². The minimum absolute atomic E-state index is 0.0291. The van der Waals surface area contributed by atoms with Crippen LogP contribution in [0.15, 0.2) is 88.1 Å². The van der Waals surface area contributed by atoms with E-state index in [0.29, 0.717) is 27.5 Å². The van der Waals surface area contributed by atoms with Crippen molar-refractivity contribution in [3.05, 3.63) is 105 Å². The zero-order chi connectivity index (χ0) is 23.5. The Labute approximate surface area is 198 Å². The van der Waals surface area contributed by atoms with E-state index in [2.05, 4.69) is 15.9 Å². The van der Waals surface area contributed by atoms with Crippen molar-refractivity contribution >= 4 is 38.6 Å². The Balaban J connectivity index is 2.24. The summed E-state index contributed by atoms with van der Waals surface area (Å²) in [7, 11) is 2.49. The number of carbonyl (C=O) groups excluding carboxylic acids is 2. The summed E-state index contributed by atoms with van der Waals surface area (Å²) in [5.41, 5.74) is 1.16. The molecule has 0 amide bonds. The van der Waals surface area contributed by atoms with Crippen LogP contribution in [0.25, 0.3) is 21.9 Å². The van der Waals surface area contributed by atoms with Crippen molar-refractivity contribution in [3.63, 3.8) is 0 Å². The van der Waals surface area contributed by atoms with Gasteiger partial charge in [0.25, 0.3) is 5.56 Å². The molecule has 4 rings (SSSR count). The fraction of sp³-hybridized carbons (Fsp3) is 0.115. The second-order valence-corrected chi connectivity index (χ2v) is 8.20. The molecule has 1 atom stereocenters. The van der Waals surface area contributed by atoms with E-state index in [1.807, 2.05) is 30.3 Å². The molecule has 1 heterocycles. The van der Waals surface area contributed by atoms with Crippen LogP contribution in [0.4, 0.5) is 0 Å². The number of methoxy groups -OCH3 is 2. The monoisotopic (exact) mass is 505 g/mol. The Bertz CT molecular complexity index is 1400. The SMILES string of the molecule is COC(=O)c1c(-c2ccccc2)c2cc(Br)ccc2c(=O)n1C(C(=O)OC)c1ccccc1. The molecule has 6 nitrogen and oxygen atoms in total. The van der Waals surface area contributed by atoms with Gasteiger partial charge >= 0.3 is 11.9 Å². The van der Waals surface area contributed by atoms with Gasteiger partial charge in [0.1, 0.15) is 5.69 Å². The first-order valence-electron chi connectivity index (χ1n) is 10.1. The topological polar surface area (TPSA) is 74.6 Å². The number of nitrogens with zero attached hydrogens (tertiary/aromatic N) is 1. The molecule has 1 aromatic heterocycles. The minimum atomic E-state index is -1.19. The van der Waals surface area contributed by atoms with Crippen molar-refractivity contribution in [2.75, 3.05) is 14.2 Å². The van der Waals surface area contributed by atoms with Crippen LogP contribution in [-0.2, 0) is 14.3 Å². The molecule has 0 spiro atoms. The summed E-state index contributed by atoms with van der Waals surface area (Å²) >= 11 is 3.46. The van der Waals surface area contributed by atoms with Crippen LogP contribution in [0.2, 0.25) is 0 Å². The number of aromatic nitrogens is 1. The van der Waals surface area contributed by atoms with Gasteiger partial charge in [0.15, 0.2) is 6.04 Å². The Morgan fingerprint density at radius 2 is 1.48 bits per heavy atom. The molecule has 1 unspecified atom stereocenters. The maximum absolute atomic E-state index is 13.8. The molecule has 33 heavy (non-hydrogen) atoms. The van der Waals surface area contributed by atoms with Crippen molar-refractivity contribution in [1.29, 1.82) is 0 Å². The van der Waals surface area contributed by atoms with Gasteiger partial charge < -0.3 is 9.47 Å². The van der Waals surface area contributed by atoms with Crippen molar-refractivity contribution in [1.82, 2.24) is 4.57 Å². The molecule has 3 aromatic carbocycles. The van der Waals surface area contributed by atoms with Gasteiger partial charge in [-0.2, -0.15) is 0 Å². The summed E-state index contributed by atoms with van der Waals surface area (Å²) in [5, 5.41) is 0.920. The predicted molar refractivity (Wildman–Crippen MR) is 129 cm³/mol. The molecule has 0 saturated heterocycles. The van der Waals surface area contributed by atoms with Crippen LogP contribution in [-0.4, -0.2) is 30.7 Å². The Morgan fingerprint density at radius 3 is 2.09 bits per heavy atom. The highest BCUT2D eigenvalue weighted by atomic mass is 79.9. The average Bonchev–Trinajstić information content (AvgIpc) is 2.85. The standard InChI is InChI=1S/C26H20BrNO5/c1-32-25(30)22(17-11-7-4-8-12-17)28-23(26(31)33-2)21(16-9-5-3-6-10-16)20-15-18(27)13-14-19(20)24(28)29/h3-15,22H,1-2H3. The molecule has 0 radical (unpaired) electrons. The lowest BCUT2D eigenvalue weighted by molar-refractivity contribution is -0.143. The predicted octanol–water partition coefficient (Wildman–Crippen LogP) is 4.98. The summed E-state index contributed by atoms with van der Waals surface area (Å²) in [6.45, 7) is 0. The Hall–Kier alpha value is -3.71. The van der Waals surface area contributed by atoms with E-state index in [1.54, 1.807) is 48.5 Å². The lowest BCUT2D eigenvalue weighted by atomic mass is 9.95. The smallest absolute Gasteiger partial charge is 0.355 e. The number of halogens is 1. The number of ether oxygens (including phenoxy) is 2. The van der Waals surface area contributed by atoms with Crippen LogP contribution >= 0.6 is 15.9 Å². The zero-order valence-corrected chi connectivity index (χ0v) is 19.5. The largest absolute Gasteiger partial charge is 0.467 e. The summed E-state index contributed by atoms with van der Waals surface area (Å²) in [5.74, 6) is -1.42. The number of fused-ring (bicyclic) bond motifs is 1. The molecular formula is C26H20BrNO5. The summed E-state index contributed by atoms with van der Waals surface area (Å²) in [6.07, 6.45) is 0. The molecule has 166 valence electrons. The maximum Gasteiger partial charge on any atom is 0.355 e. The molecule has 7 heteroatoms. The highest BCUT2D eigenvalue weighted by Crippen LogP contribution is 2.35. The van der Waals surface area contributed by atoms with E-state index < -0.39 is 23.5 Å². The average molecular weight is 506 g/mol. The van der Waals surface area contributed by atoms with Crippen molar-refractivity contribution < 1.29 is 19.1 Å². The number of esters is 2. The van der Waals surface area contributed by atoms with Gasteiger partial charge in [-0.3, -0.25) is 9.36 Å². The highest BCUT2D eigenvalue weighted by molar-refractivity contribution is 9.10. The number of carbonyl (C=O) groups is 2. The van der Waals surface area contributed by atoms with E-state index in [1.165, 1.54) is 18.8 Å². The first-order valence-corrected chi connectivity index (χ1v) is 10.9. The summed E-state index contributed by atoms with van der Waals surface area (Å²) in [6, 6.07) is 22.0. The number of pyridine rings is 1. The fourth-order valence-electron chi connectivity index (χ4n) is 3.97. The second-order valence-electron chi connectivity index (χ2n) is 7.28. The number of hydrogen-bond acceptors (Lipinski definition) is 5. The van der Waals surface area contributed by atoms with Crippen molar-refractivity contribution in [2.45, 2.75) is 6.04 Å². The molecule has 0 saturated carbocycles. The van der Waals surface area contributed by atoms with Crippen LogP contribution in [0.5, 0.6) is 0 Å². The van der Waals surface area contributed by atoms with Gasteiger partial charge in [-0.05, 0) is 34.7 Å². The van der Waals surface area contributed by atoms with Gasteiger partial charge in [-0.15, -0.1) is 0 Å². The molecule has 0 aliphatic heterocycles. The highest BCUT2D eigenvalue weighted by Gasteiger charge is 2.33. The maximum atomic E-state index is 13.8. The minimum Gasteiger partial charge on any atom is -0.467 e. The van der Waals surface area contributed by atoms with Gasteiger partial charge in [0.05, 0.1) is 14.2 Å². The van der Waals surface area contributed by atoms with E-state index in [0.717, 1.165) is 4.47 Å². The first kappa shape index (κ1) is 22.5. The lowest BCUT2D eigenvalue weighted by Gasteiger charge is -2.24. The normalized spacial score (nSPS) is 11.7. The fourth-order valence-corrected chi connectivity index (χ4v) is 4.33. The molecular weight excluding hydrogens is 486 g/mol. The van der Waals surface area contributed by atoms with Gasteiger partial charge in [0, 0.05) is 15.4 Å². The van der Waals surface area contributed by atoms with Gasteiger partial charge in [-0.25, -0.2) is 9.59 Å². The van der Waals surface area contributed by atoms with E-state index >= 15 is 0 Å². The van der Waals surface area contributed by atoms with E-state index in [-0.39, 0.29) is 5.69 Å². The van der Waals surface area contributed by atoms with Crippen molar-refractivity contribution in [3.8, 4) is 11.1 Å². The van der Waals surface area contributed by atoms with Crippen molar-refractivity contribution in [2.24, 2.45) is 0 Å². The second kappa shape index (κ2) is 9.42.